The van der Waals surface area contributed by atoms with E-state index in [0.717, 1.165) is 44.0 Å². The van der Waals surface area contributed by atoms with Crippen molar-refractivity contribution in [3.05, 3.63) is 35.1 Å². The van der Waals surface area contributed by atoms with Crippen LogP contribution in [0.15, 0.2) is 18.2 Å². The Hall–Kier alpha value is -0.580. The number of benzene rings is 1. The van der Waals surface area contributed by atoms with E-state index >= 15 is 0 Å². The summed E-state index contributed by atoms with van der Waals surface area (Å²) in [4.78, 5) is 2.37. The molecule has 2 nitrogen and oxygen atoms in total. The molecular formula is C17H27FN2S. The van der Waals surface area contributed by atoms with Crippen molar-refractivity contribution in [1.29, 1.82) is 0 Å². The highest BCUT2D eigenvalue weighted by atomic mass is 32.2. The summed E-state index contributed by atoms with van der Waals surface area (Å²) in [5.41, 5.74) is 2.00. The minimum atomic E-state index is -0.0755. The monoisotopic (exact) mass is 310 g/mol. The molecule has 1 atom stereocenters. The van der Waals surface area contributed by atoms with Gasteiger partial charge in [-0.05, 0) is 24.1 Å². The van der Waals surface area contributed by atoms with Crippen LogP contribution in [0.3, 0.4) is 0 Å². The lowest BCUT2D eigenvalue weighted by Gasteiger charge is -2.30. The van der Waals surface area contributed by atoms with E-state index in [1.54, 1.807) is 6.07 Å². The highest BCUT2D eigenvalue weighted by Gasteiger charge is 2.18. The normalized spacial score (nSPS) is 20.1. The standard InChI is InChI=1S/C17H27FN2S/c1-13(2)9-19-10-15-4-5-17(18)16(8-15)12-20-6-7-21-14(3)11-20/h4-5,8,13-14,19H,6-7,9-12H2,1-3H3. The molecule has 21 heavy (non-hydrogen) atoms. The van der Waals surface area contributed by atoms with E-state index in [4.69, 9.17) is 0 Å². The van der Waals surface area contributed by atoms with Gasteiger partial charge in [-0.3, -0.25) is 4.90 Å². The summed E-state index contributed by atoms with van der Waals surface area (Å²) in [7, 11) is 0. The SMILES string of the molecule is CC(C)CNCc1ccc(F)c(CN2CCSC(C)C2)c1. The minimum Gasteiger partial charge on any atom is -0.312 e. The first-order valence-corrected chi connectivity index (χ1v) is 8.91. The lowest BCUT2D eigenvalue weighted by molar-refractivity contribution is 0.274. The quantitative estimate of drug-likeness (QED) is 0.865. The van der Waals surface area contributed by atoms with Crippen molar-refractivity contribution in [2.24, 2.45) is 5.92 Å². The largest absolute Gasteiger partial charge is 0.312 e. The molecule has 0 aliphatic carbocycles. The zero-order chi connectivity index (χ0) is 15.2. The van der Waals surface area contributed by atoms with Crippen molar-refractivity contribution in [2.75, 3.05) is 25.4 Å². The molecule has 1 unspecified atom stereocenters. The van der Waals surface area contributed by atoms with E-state index in [1.165, 1.54) is 5.56 Å². The number of hydrogen-bond acceptors (Lipinski definition) is 3. The van der Waals surface area contributed by atoms with Gasteiger partial charge in [0.25, 0.3) is 0 Å². The van der Waals surface area contributed by atoms with E-state index < -0.39 is 0 Å². The Kier molecular flexibility index (Phi) is 6.52. The Morgan fingerprint density at radius 2 is 2.24 bits per heavy atom. The van der Waals surface area contributed by atoms with Gasteiger partial charge in [-0.2, -0.15) is 11.8 Å². The zero-order valence-corrected chi connectivity index (χ0v) is 14.2. The maximum absolute atomic E-state index is 14.0. The summed E-state index contributed by atoms with van der Waals surface area (Å²) in [5, 5.41) is 4.07. The van der Waals surface area contributed by atoms with Gasteiger partial charge in [0.2, 0.25) is 0 Å². The number of halogens is 1. The summed E-state index contributed by atoms with van der Waals surface area (Å²) in [6.07, 6.45) is 0. The fourth-order valence-corrected chi connectivity index (χ4v) is 3.72. The fraction of sp³-hybridized carbons (Fsp3) is 0.647. The lowest BCUT2D eigenvalue weighted by Crippen LogP contribution is -2.36. The first-order valence-electron chi connectivity index (χ1n) is 7.86. The van der Waals surface area contributed by atoms with E-state index in [1.807, 2.05) is 23.9 Å². The van der Waals surface area contributed by atoms with Crippen molar-refractivity contribution in [2.45, 2.75) is 39.1 Å². The van der Waals surface area contributed by atoms with Gasteiger partial charge in [-0.15, -0.1) is 0 Å². The molecule has 1 saturated heterocycles. The van der Waals surface area contributed by atoms with Crippen molar-refractivity contribution in [3.63, 3.8) is 0 Å². The minimum absolute atomic E-state index is 0.0755. The number of nitrogens with zero attached hydrogens (tertiary/aromatic N) is 1. The second-order valence-electron chi connectivity index (χ2n) is 6.37. The number of rotatable bonds is 6. The molecule has 0 aromatic heterocycles. The summed E-state index contributed by atoms with van der Waals surface area (Å²) in [5.74, 6) is 1.71. The molecule has 2 rings (SSSR count). The van der Waals surface area contributed by atoms with Gasteiger partial charge in [-0.25, -0.2) is 4.39 Å². The van der Waals surface area contributed by atoms with Crippen molar-refractivity contribution < 1.29 is 4.39 Å². The molecule has 1 heterocycles. The van der Waals surface area contributed by atoms with Gasteiger partial charge in [0.05, 0.1) is 0 Å². The van der Waals surface area contributed by atoms with Crippen LogP contribution in [0.25, 0.3) is 0 Å². The lowest BCUT2D eigenvalue weighted by atomic mass is 10.1. The molecular weight excluding hydrogens is 283 g/mol. The van der Waals surface area contributed by atoms with Gasteiger partial charge in [0.1, 0.15) is 5.82 Å². The van der Waals surface area contributed by atoms with Crippen LogP contribution in [-0.4, -0.2) is 35.5 Å². The molecule has 0 spiro atoms. The van der Waals surface area contributed by atoms with E-state index in [9.17, 15) is 4.39 Å². The summed E-state index contributed by atoms with van der Waals surface area (Å²) < 4.78 is 14.0. The van der Waals surface area contributed by atoms with Gasteiger partial charge in [0.15, 0.2) is 0 Å². The molecule has 118 valence electrons. The predicted molar refractivity (Wildman–Crippen MR) is 90.1 cm³/mol. The third-order valence-electron chi connectivity index (χ3n) is 3.71. The van der Waals surface area contributed by atoms with Crippen LogP contribution in [0.4, 0.5) is 4.39 Å². The Labute approximate surface area is 132 Å². The second-order valence-corrected chi connectivity index (χ2v) is 7.91. The molecule has 0 bridgehead atoms. The van der Waals surface area contributed by atoms with Crippen LogP contribution in [0.1, 0.15) is 31.9 Å². The smallest absolute Gasteiger partial charge is 0.127 e. The Balaban J connectivity index is 1.94. The number of thioether (sulfide) groups is 1. The molecule has 0 radical (unpaired) electrons. The molecule has 1 fully saturated rings. The van der Waals surface area contributed by atoms with E-state index in [-0.39, 0.29) is 5.82 Å². The Bertz CT molecular complexity index is 450. The van der Waals surface area contributed by atoms with Crippen LogP contribution in [0, 0.1) is 11.7 Å². The Morgan fingerprint density at radius 1 is 1.43 bits per heavy atom. The van der Waals surface area contributed by atoms with Crippen LogP contribution in [0.5, 0.6) is 0 Å². The predicted octanol–water partition coefficient (Wildman–Crippen LogP) is 3.51. The third kappa shape index (κ3) is 5.61. The van der Waals surface area contributed by atoms with E-state index in [2.05, 4.69) is 31.0 Å². The maximum atomic E-state index is 14.0. The molecule has 0 amide bonds. The van der Waals surface area contributed by atoms with Gasteiger partial charge in [-0.1, -0.05) is 32.9 Å². The molecule has 1 aliphatic heterocycles. The molecule has 0 saturated carbocycles. The highest BCUT2D eigenvalue weighted by Crippen LogP contribution is 2.21. The summed E-state index contributed by atoms with van der Waals surface area (Å²) in [6, 6.07) is 5.53. The molecule has 1 aliphatic rings. The summed E-state index contributed by atoms with van der Waals surface area (Å²) in [6.45, 7) is 11.3. The number of nitrogens with one attached hydrogen (secondary N) is 1. The maximum Gasteiger partial charge on any atom is 0.127 e. The fourth-order valence-electron chi connectivity index (χ4n) is 2.64. The van der Waals surface area contributed by atoms with Gasteiger partial charge < -0.3 is 5.32 Å². The molecule has 1 aromatic rings. The van der Waals surface area contributed by atoms with Crippen LogP contribution < -0.4 is 5.32 Å². The average molecular weight is 310 g/mol. The van der Waals surface area contributed by atoms with Crippen molar-refractivity contribution in [3.8, 4) is 0 Å². The first kappa shape index (κ1) is 16.8. The molecule has 4 heteroatoms. The van der Waals surface area contributed by atoms with Crippen molar-refractivity contribution in [1.82, 2.24) is 10.2 Å². The molecule has 1 aromatic carbocycles. The van der Waals surface area contributed by atoms with Crippen LogP contribution >= 0.6 is 11.8 Å². The number of hydrogen-bond donors (Lipinski definition) is 1. The first-order chi connectivity index (χ1) is 10.0. The van der Waals surface area contributed by atoms with Gasteiger partial charge >= 0.3 is 0 Å². The van der Waals surface area contributed by atoms with Crippen LogP contribution in [-0.2, 0) is 13.1 Å². The van der Waals surface area contributed by atoms with E-state index in [0.29, 0.717) is 11.2 Å². The highest BCUT2D eigenvalue weighted by molar-refractivity contribution is 7.99. The Morgan fingerprint density at radius 3 is 2.95 bits per heavy atom. The van der Waals surface area contributed by atoms with Crippen LogP contribution in [0.2, 0.25) is 0 Å². The van der Waals surface area contributed by atoms with Gasteiger partial charge in [0, 0.05) is 42.7 Å². The zero-order valence-electron chi connectivity index (χ0n) is 13.4. The molecule has 1 N–H and O–H groups in total. The topological polar surface area (TPSA) is 15.3 Å². The average Bonchev–Trinajstić information content (AvgIpc) is 2.42. The second kappa shape index (κ2) is 8.16. The third-order valence-corrected chi connectivity index (χ3v) is 4.85. The summed E-state index contributed by atoms with van der Waals surface area (Å²) >= 11 is 2.01. The van der Waals surface area contributed by atoms with Crippen molar-refractivity contribution >= 4 is 11.8 Å².